The van der Waals surface area contributed by atoms with Gasteiger partial charge in [-0.1, -0.05) is 237 Å². The van der Waals surface area contributed by atoms with Crippen molar-refractivity contribution in [2.75, 3.05) is 9.80 Å². The molecule has 0 aromatic heterocycles. The van der Waals surface area contributed by atoms with Gasteiger partial charge in [-0.2, -0.15) is 0 Å². The Kier molecular flexibility index (Phi) is 9.63. The molecule has 12 aromatic rings. The molecule has 1 unspecified atom stereocenters. The quantitative estimate of drug-likeness (QED) is 0.157. The van der Waals surface area contributed by atoms with Crippen LogP contribution in [0, 0.1) is 0 Å². The van der Waals surface area contributed by atoms with Gasteiger partial charge in [0.2, 0.25) is 0 Å². The van der Waals surface area contributed by atoms with Gasteiger partial charge >= 0.3 is 0 Å². The second-order valence-electron chi connectivity index (χ2n) is 21.6. The van der Waals surface area contributed by atoms with Gasteiger partial charge in [-0.25, -0.2) is 0 Å². The van der Waals surface area contributed by atoms with Crippen molar-refractivity contribution in [1.29, 1.82) is 0 Å². The predicted molar refractivity (Wildman–Crippen MR) is 321 cm³/mol. The van der Waals surface area contributed by atoms with E-state index < -0.39 is 16.2 Å². The smallest absolute Gasteiger partial charge is 0.0755 e. The summed E-state index contributed by atoms with van der Waals surface area (Å²) in [6.45, 7) is 2.43. The third-order valence-electron chi connectivity index (χ3n) is 18.0. The Morgan fingerprint density at radius 1 is 0.256 bits per heavy atom. The molecule has 2 heteroatoms. The van der Waals surface area contributed by atoms with Crippen molar-refractivity contribution in [2.24, 2.45) is 0 Å². The van der Waals surface area contributed by atoms with Crippen LogP contribution in [-0.2, 0) is 16.2 Å². The Morgan fingerprint density at radius 3 is 1.09 bits per heavy atom. The molecule has 16 rings (SSSR count). The van der Waals surface area contributed by atoms with Gasteiger partial charge in [0.05, 0.1) is 22.2 Å². The molecule has 0 bridgehead atoms. The van der Waals surface area contributed by atoms with Crippen LogP contribution in [0.1, 0.15) is 68.1 Å². The summed E-state index contributed by atoms with van der Waals surface area (Å²) < 4.78 is 0. The fourth-order valence-electron chi connectivity index (χ4n) is 14.8. The lowest BCUT2D eigenvalue weighted by atomic mass is 9.64. The van der Waals surface area contributed by atoms with E-state index in [9.17, 15) is 0 Å². The average Bonchev–Trinajstić information content (AvgIpc) is 3.39. The molecule has 1 spiro atoms. The van der Waals surface area contributed by atoms with Gasteiger partial charge in [0.1, 0.15) is 0 Å². The van der Waals surface area contributed by atoms with E-state index in [0.29, 0.717) is 0 Å². The van der Waals surface area contributed by atoms with Gasteiger partial charge in [-0.3, -0.25) is 0 Å². The van der Waals surface area contributed by atoms with E-state index in [1.54, 1.807) is 0 Å². The SMILES string of the molecule is CC1(c2ccccc2)c2ccccc2-c2ccc(N(c3ccc4c(c3)C(c3ccccc3)(c3ccccc3)c3ccccc3-4)c3ccc4c(c3)C3(c5ccccc5-4)c4ccccc4N(c4ccccc4)c4ccccc43)cc21. The van der Waals surface area contributed by atoms with Crippen LogP contribution in [0.15, 0.2) is 297 Å². The summed E-state index contributed by atoms with van der Waals surface area (Å²) in [5, 5.41) is 0. The molecule has 0 fully saturated rings. The topological polar surface area (TPSA) is 6.48 Å². The highest BCUT2D eigenvalue weighted by molar-refractivity contribution is 5.98. The van der Waals surface area contributed by atoms with Crippen LogP contribution in [-0.4, -0.2) is 0 Å². The Balaban J connectivity index is 0.986. The van der Waals surface area contributed by atoms with Crippen molar-refractivity contribution in [1.82, 2.24) is 0 Å². The van der Waals surface area contributed by atoms with Crippen LogP contribution in [0.25, 0.3) is 33.4 Å². The summed E-state index contributed by atoms with van der Waals surface area (Å²) in [4.78, 5) is 5.03. The minimum absolute atomic E-state index is 0.395. The zero-order valence-corrected chi connectivity index (χ0v) is 43.2. The lowest BCUT2D eigenvalue weighted by molar-refractivity contribution is 0.714. The highest BCUT2D eigenvalue weighted by atomic mass is 15.2. The third-order valence-corrected chi connectivity index (χ3v) is 18.0. The molecule has 1 aliphatic heterocycles. The van der Waals surface area contributed by atoms with Gasteiger partial charge in [-0.15, -0.1) is 0 Å². The number of rotatable bonds is 7. The van der Waals surface area contributed by atoms with Gasteiger partial charge in [0.25, 0.3) is 0 Å². The molecule has 1 heterocycles. The van der Waals surface area contributed by atoms with Gasteiger partial charge < -0.3 is 9.80 Å². The monoisotopic (exact) mass is 992 g/mol. The minimum Gasteiger partial charge on any atom is -0.310 e. The molecule has 0 saturated heterocycles. The van der Waals surface area contributed by atoms with Crippen LogP contribution in [0.5, 0.6) is 0 Å². The maximum absolute atomic E-state index is 2.56. The minimum atomic E-state index is -0.632. The molecule has 3 aliphatic carbocycles. The molecule has 0 radical (unpaired) electrons. The Hall–Kier alpha value is -9.76. The highest BCUT2D eigenvalue weighted by Gasteiger charge is 2.52. The second-order valence-corrected chi connectivity index (χ2v) is 21.6. The lowest BCUT2D eigenvalue weighted by Crippen LogP contribution is -2.36. The Morgan fingerprint density at radius 2 is 0.590 bits per heavy atom. The molecule has 0 amide bonds. The second kappa shape index (κ2) is 16.9. The van der Waals surface area contributed by atoms with E-state index in [0.717, 1.165) is 22.7 Å². The van der Waals surface area contributed by atoms with Crippen molar-refractivity contribution >= 4 is 34.1 Å². The lowest BCUT2D eigenvalue weighted by Gasteiger charge is -2.45. The molecule has 0 N–H and O–H groups in total. The van der Waals surface area contributed by atoms with E-state index in [1.807, 2.05) is 0 Å². The maximum Gasteiger partial charge on any atom is 0.0755 e. The third kappa shape index (κ3) is 5.92. The van der Waals surface area contributed by atoms with Crippen molar-refractivity contribution < 1.29 is 0 Å². The zero-order valence-electron chi connectivity index (χ0n) is 43.2. The van der Waals surface area contributed by atoms with E-state index in [4.69, 9.17) is 0 Å². The summed E-state index contributed by atoms with van der Waals surface area (Å²) >= 11 is 0. The first-order valence-electron chi connectivity index (χ1n) is 27.3. The van der Waals surface area contributed by atoms with Gasteiger partial charge in [0.15, 0.2) is 0 Å². The van der Waals surface area contributed by atoms with Crippen LogP contribution >= 0.6 is 0 Å². The standard InChI is InChI=1S/C76H52N2/c1-74(51-24-6-2-7-25-51)64-35-17-14-32-58(64)61-45-42-55(48-69(61)74)77(56-43-46-62-59-33-15-18-36-65(59)75(70(62)49-56,52-26-8-3-9-27-52)53-28-10-4-11-29-53)57-44-47-63-60-34-16-19-37-66(60)76(71(63)50-57)67-38-20-22-40-72(67)78(54-30-12-5-13-31-54)73-41-23-21-39-68(73)76/h2-50H,1H3. The molecule has 1 atom stereocenters. The number of hydrogen-bond acceptors (Lipinski definition) is 2. The fraction of sp³-hybridized carbons (Fsp3) is 0.0526. The number of para-hydroxylation sites is 3. The van der Waals surface area contributed by atoms with Crippen LogP contribution in [0.3, 0.4) is 0 Å². The summed E-state index contributed by atoms with van der Waals surface area (Å²) in [7, 11) is 0. The van der Waals surface area contributed by atoms with Crippen molar-refractivity contribution in [3.05, 3.63) is 358 Å². The first kappa shape index (κ1) is 44.5. The predicted octanol–water partition coefficient (Wildman–Crippen LogP) is 19.0. The molecular formula is C76H52N2. The van der Waals surface area contributed by atoms with Crippen molar-refractivity contribution in [3.8, 4) is 33.4 Å². The molecule has 0 saturated carbocycles. The molecular weight excluding hydrogens is 941 g/mol. The van der Waals surface area contributed by atoms with E-state index in [-0.39, 0.29) is 0 Å². The van der Waals surface area contributed by atoms with E-state index >= 15 is 0 Å². The van der Waals surface area contributed by atoms with Gasteiger partial charge in [-0.05, 0) is 162 Å². The van der Waals surface area contributed by atoms with E-state index in [2.05, 4.69) is 314 Å². The zero-order chi connectivity index (χ0) is 51.6. The highest BCUT2D eigenvalue weighted by Crippen LogP contribution is 2.65. The summed E-state index contributed by atoms with van der Waals surface area (Å²) in [5.41, 5.74) is 26.9. The first-order chi connectivity index (χ1) is 38.6. The fourth-order valence-corrected chi connectivity index (χ4v) is 14.8. The molecule has 366 valence electrons. The number of anilines is 6. The largest absolute Gasteiger partial charge is 0.310 e. The molecule has 12 aromatic carbocycles. The van der Waals surface area contributed by atoms with Crippen LogP contribution < -0.4 is 9.80 Å². The number of nitrogens with zero attached hydrogens (tertiary/aromatic N) is 2. The molecule has 78 heavy (non-hydrogen) atoms. The Labute approximate surface area is 456 Å². The van der Waals surface area contributed by atoms with Crippen LogP contribution in [0.4, 0.5) is 34.1 Å². The van der Waals surface area contributed by atoms with Gasteiger partial charge in [0, 0.05) is 28.2 Å². The average molecular weight is 993 g/mol. The van der Waals surface area contributed by atoms with Crippen LogP contribution in [0.2, 0.25) is 0 Å². The summed E-state index contributed by atoms with van der Waals surface area (Å²) in [6, 6.07) is 112. The number of fused-ring (bicyclic) bond motifs is 15. The maximum atomic E-state index is 2.56. The van der Waals surface area contributed by atoms with E-state index in [1.165, 1.54) is 106 Å². The number of hydrogen-bond donors (Lipinski definition) is 0. The van der Waals surface area contributed by atoms with Crippen molar-refractivity contribution in [2.45, 2.75) is 23.2 Å². The molecule has 2 nitrogen and oxygen atoms in total. The first-order valence-corrected chi connectivity index (χ1v) is 27.3. The van der Waals surface area contributed by atoms with Crippen molar-refractivity contribution in [3.63, 3.8) is 0 Å². The summed E-state index contributed by atoms with van der Waals surface area (Å²) in [5.74, 6) is 0. The Bertz CT molecular complexity index is 4260. The number of benzene rings is 12. The normalized spacial score (nSPS) is 16.0. The molecule has 4 aliphatic rings. The summed E-state index contributed by atoms with van der Waals surface area (Å²) in [6.07, 6.45) is 0.